The first-order valence-corrected chi connectivity index (χ1v) is 9.84. The fourth-order valence-electron chi connectivity index (χ4n) is 4.52. The molecule has 7 heteroatoms. The Morgan fingerprint density at radius 1 is 1.32 bits per heavy atom. The van der Waals surface area contributed by atoms with Crippen molar-refractivity contribution < 1.29 is 8.78 Å². The van der Waals surface area contributed by atoms with Crippen LogP contribution >= 0.6 is 0 Å². The zero-order valence-corrected chi connectivity index (χ0v) is 16.1. The van der Waals surface area contributed by atoms with Crippen molar-refractivity contribution in [2.45, 2.75) is 44.6 Å². The number of fused-ring (bicyclic) bond motifs is 2. The molecule has 0 radical (unpaired) electrons. The third-order valence-electron chi connectivity index (χ3n) is 6.58. The number of imidazole rings is 1. The van der Waals surface area contributed by atoms with E-state index >= 15 is 0 Å². The minimum absolute atomic E-state index is 0.0163. The predicted molar refractivity (Wildman–Crippen MR) is 104 cm³/mol. The molecule has 2 unspecified atom stereocenters. The molecule has 2 aromatic rings. The zero-order chi connectivity index (χ0) is 19.7. The number of alkyl halides is 2. The van der Waals surface area contributed by atoms with Crippen LogP contribution in [0.15, 0.2) is 40.2 Å². The fraction of sp³-hybridized carbons (Fsp3) is 0.524. The van der Waals surface area contributed by atoms with Crippen LogP contribution in [0, 0.1) is 5.41 Å². The highest BCUT2D eigenvalue weighted by atomic mass is 19.3. The second-order valence-electron chi connectivity index (χ2n) is 8.64. The molecule has 3 heterocycles. The number of hydrogen-bond acceptors (Lipinski definition) is 3. The number of allylic oxidation sites excluding steroid dienone is 2. The van der Waals surface area contributed by atoms with Gasteiger partial charge in [-0.1, -0.05) is 19.1 Å². The van der Waals surface area contributed by atoms with E-state index < -0.39 is 11.3 Å². The summed E-state index contributed by atoms with van der Waals surface area (Å²) in [4.78, 5) is 17.5. The molecule has 1 saturated heterocycles. The zero-order valence-electron chi connectivity index (χ0n) is 16.1. The molecule has 0 aromatic carbocycles. The van der Waals surface area contributed by atoms with Crippen LogP contribution in [0.3, 0.4) is 0 Å². The van der Waals surface area contributed by atoms with E-state index in [4.69, 9.17) is 4.98 Å². The minimum Gasteiger partial charge on any atom is -0.312 e. The quantitative estimate of drug-likeness (QED) is 0.882. The summed E-state index contributed by atoms with van der Waals surface area (Å²) in [5.74, 6) is -2.53. The third-order valence-corrected chi connectivity index (χ3v) is 6.58. The SMILES string of the molecule is Cn1c(=O)n(CC2(C)CC2(F)F)c2ccc(C3C=C4CNCCC4=CC3)nc21. The summed E-state index contributed by atoms with van der Waals surface area (Å²) in [6.07, 6.45) is 6.36. The van der Waals surface area contributed by atoms with Crippen molar-refractivity contribution >= 4 is 11.2 Å². The summed E-state index contributed by atoms with van der Waals surface area (Å²) in [6.45, 7) is 3.46. The molecule has 2 fully saturated rings. The van der Waals surface area contributed by atoms with Crippen molar-refractivity contribution in [1.82, 2.24) is 19.4 Å². The first-order valence-electron chi connectivity index (χ1n) is 9.84. The summed E-state index contributed by atoms with van der Waals surface area (Å²) in [6, 6.07) is 3.79. The Hall–Kier alpha value is -2.28. The van der Waals surface area contributed by atoms with Gasteiger partial charge in [-0.2, -0.15) is 0 Å². The van der Waals surface area contributed by atoms with E-state index in [0.29, 0.717) is 11.2 Å². The van der Waals surface area contributed by atoms with Crippen LogP contribution in [0.5, 0.6) is 0 Å². The van der Waals surface area contributed by atoms with Gasteiger partial charge in [0.15, 0.2) is 5.65 Å². The van der Waals surface area contributed by atoms with Gasteiger partial charge < -0.3 is 5.32 Å². The molecule has 5 rings (SSSR count). The van der Waals surface area contributed by atoms with E-state index in [9.17, 15) is 13.6 Å². The highest BCUT2D eigenvalue weighted by Crippen LogP contribution is 2.61. The topological polar surface area (TPSA) is 51.9 Å². The molecule has 1 saturated carbocycles. The van der Waals surface area contributed by atoms with E-state index in [1.54, 1.807) is 7.05 Å². The van der Waals surface area contributed by atoms with Crippen LogP contribution in [-0.4, -0.2) is 33.1 Å². The molecule has 1 aliphatic heterocycles. The van der Waals surface area contributed by atoms with Crippen molar-refractivity contribution in [3.05, 3.63) is 51.6 Å². The van der Waals surface area contributed by atoms with Crippen molar-refractivity contribution in [3.63, 3.8) is 0 Å². The highest BCUT2D eigenvalue weighted by molar-refractivity contribution is 5.72. The molecule has 0 amide bonds. The summed E-state index contributed by atoms with van der Waals surface area (Å²) >= 11 is 0. The van der Waals surface area contributed by atoms with Gasteiger partial charge in [-0.3, -0.25) is 9.13 Å². The maximum absolute atomic E-state index is 13.7. The van der Waals surface area contributed by atoms with Gasteiger partial charge in [0.25, 0.3) is 5.92 Å². The molecule has 1 N–H and O–H groups in total. The monoisotopic (exact) mass is 386 g/mol. The molecule has 2 aliphatic carbocycles. The Morgan fingerprint density at radius 2 is 2.11 bits per heavy atom. The summed E-state index contributed by atoms with van der Waals surface area (Å²) < 4.78 is 30.3. The summed E-state index contributed by atoms with van der Waals surface area (Å²) in [5, 5.41) is 3.40. The largest absolute Gasteiger partial charge is 0.330 e. The Balaban J connectivity index is 1.51. The third kappa shape index (κ3) is 2.59. The number of nitrogens with one attached hydrogen (secondary N) is 1. The second kappa shape index (κ2) is 5.86. The van der Waals surface area contributed by atoms with Crippen molar-refractivity contribution in [1.29, 1.82) is 0 Å². The first-order chi connectivity index (χ1) is 13.3. The van der Waals surface area contributed by atoms with E-state index in [1.165, 1.54) is 27.2 Å². The summed E-state index contributed by atoms with van der Waals surface area (Å²) in [5.41, 5.74) is 3.42. The lowest BCUT2D eigenvalue weighted by Gasteiger charge is -2.26. The van der Waals surface area contributed by atoms with Crippen LogP contribution in [0.2, 0.25) is 0 Å². The van der Waals surface area contributed by atoms with Gasteiger partial charge in [0.2, 0.25) is 0 Å². The lowest BCUT2D eigenvalue weighted by atomic mass is 9.85. The number of rotatable bonds is 3. The van der Waals surface area contributed by atoms with Crippen molar-refractivity contribution in [2.24, 2.45) is 12.5 Å². The Morgan fingerprint density at radius 3 is 2.86 bits per heavy atom. The lowest BCUT2D eigenvalue weighted by Crippen LogP contribution is -2.27. The van der Waals surface area contributed by atoms with E-state index in [0.717, 1.165) is 31.6 Å². The van der Waals surface area contributed by atoms with E-state index in [2.05, 4.69) is 17.5 Å². The molecule has 28 heavy (non-hydrogen) atoms. The van der Waals surface area contributed by atoms with Crippen LogP contribution in [0.1, 0.15) is 37.8 Å². The minimum atomic E-state index is -2.70. The molecule has 5 nitrogen and oxygen atoms in total. The molecule has 2 atom stereocenters. The average Bonchev–Trinajstić information content (AvgIpc) is 3.11. The smallest absolute Gasteiger partial charge is 0.312 e. The highest BCUT2D eigenvalue weighted by Gasteiger charge is 2.68. The van der Waals surface area contributed by atoms with Gasteiger partial charge in [-0.25, -0.2) is 18.6 Å². The molecular weight excluding hydrogens is 362 g/mol. The van der Waals surface area contributed by atoms with E-state index in [1.807, 2.05) is 12.1 Å². The number of nitrogens with zero attached hydrogens (tertiary/aromatic N) is 3. The molecule has 0 bridgehead atoms. The number of piperidine rings is 1. The van der Waals surface area contributed by atoms with Gasteiger partial charge in [0, 0.05) is 32.5 Å². The van der Waals surface area contributed by atoms with Crippen LogP contribution in [-0.2, 0) is 13.6 Å². The van der Waals surface area contributed by atoms with E-state index in [-0.39, 0.29) is 24.6 Å². The standard InChI is InChI=1S/C21H24F2N4O/c1-20(11-21(20,22)23)12-27-17-6-5-16(25-18(17)26(2)19(27)28)14-4-3-13-7-8-24-10-15(13)9-14/h3,5-6,9,14,24H,4,7-8,10-12H2,1-2H3. The Bertz CT molecular complexity index is 1090. The molecule has 0 spiro atoms. The second-order valence-corrected chi connectivity index (χ2v) is 8.64. The number of aryl methyl sites for hydroxylation is 1. The van der Waals surface area contributed by atoms with Gasteiger partial charge in [-0.15, -0.1) is 0 Å². The Labute approximate surface area is 161 Å². The molecule has 148 valence electrons. The maximum atomic E-state index is 13.7. The van der Waals surface area contributed by atoms with Crippen molar-refractivity contribution in [3.8, 4) is 0 Å². The average molecular weight is 386 g/mol. The van der Waals surface area contributed by atoms with Crippen LogP contribution in [0.4, 0.5) is 8.78 Å². The predicted octanol–water partition coefficient (Wildman–Crippen LogP) is 3.11. The normalized spacial score (nSPS) is 28.6. The fourth-order valence-corrected chi connectivity index (χ4v) is 4.52. The molecular formula is C21H24F2N4O. The van der Waals surface area contributed by atoms with Gasteiger partial charge in [0.1, 0.15) is 0 Å². The number of aromatic nitrogens is 3. The van der Waals surface area contributed by atoms with Gasteiger partial charge in [-0.05, 0) is 42.7 Å². The number of pyridine rings is 1. The Kier molecular flexibility index (Phi) is 3.72. The molecule has 2 aromatic heterocycles. The maximum Gasteiger partial charge on any atom is 0.330 e. The lowest BCUT2D eigenvalue weighted by molar-refractivity contribution is 0.0637. The van der Waals surface area contributed by atoms with Gasteiger partial charge in [0.05, 0.1) is 16.6 Å². The van der Waals surface area contributed by atoms with Crippen molar-refractivity contribution in [2.75, 3.05) is 13.1 Å². The van der Waals surface area contributed by atoms with Crippen LogP contribution < -0.4 is 11.0 Å². The van der Waals surface area contributed by atoms with Crippen LogP contribution in [0.25, 0.3) is 11.2 Å². The summed E-state index contributed by atoms with van der Waals surface area (Å²) in [7, 11) is 1.66. The molecule has 3 aliphatic rings. The first kappa shape index (κ1) is 17.8. The number of halogens is 2. The van der Waals surface area contributed by atoms with Gasteiger partial charge >= 0.3 is 5.69 Å². The number of hydrogen-bond donors (Lipinski definition) is 1.